The van der Waals surface area contributed by atoms with Crippen LogP contribution in [0.4, 0.5) is 47.7 Å². The van der Waals surface area contributed by atoms with Gasteiger partial charge < -0.3 is 35.5 Å². The molecule has 0 atom stereocenters. The van der Waals surface area contributed by atoms with Gasteiger partial charge in [0, 0.05) is 75.9 Å². The lowest BCUT2D eigenvalue weighted by atomic mass is 10.0. The molecule has 0 spiro atoms. The fraction of sp³-hybridized carbons (Fsp3) is 0.382. The summed E-state index contributed by atoms with van der Waals surface area (Å²) >= 11 is 6.52. The molecule has 0 aliphatic carbocycles. The summed E-state index contributed by atoms with van der Waals surface area (Å²) in [4.78, 5) is 35.0. The Morgan fingerprint density at radius 2 is 1.75 bits per heavy atom. The van der Waals surface area contributed by atoms with Crippen LogP contribution in [0, 0.1) is 0 Å². The standard InChI is InChI=1S/C34H39ClF3N10O3P/c1-51-28-19-27(48-14-7-21(8-15-48)47-16-12-39-13-17-47)25(43-29(49)6-9-34(36,37)38)18-26(28)45-33-42-20-22(35)32(46-33)44-24-5-4-23-30(41-11-10-40-23)31(24)52(2,3)50/h4-6,9-11,18-21,39H,7-8,12-17H2,1-3H3,(H,43,49)(H2,42,44,45,46)/b9-6+. The summed E-state index contributed by atoms with van der Waals surface area (Å²) in [5.74, 6) is -0.280. The summed E-state index contributed by atoms with van der Waals surface area (Å²) in [6, 6.07) is 7.20. The molecule has 13 nitrogen and oxygen atoms in total. The van der Waals surface area contributed by atoms with Crippen molar-refractivity contribution in [3.63, 3.8) is 0 Å². The number of allylic oxidation sites excluding steroid dienone is 1. The molecule has 1 amide bonds. The molecule has 0 unspecified atom stereocenters. The Morgan fingerprint density at radius 1 is 1.02 bits per heavy atom. The highest BCUT2D eigenvalue weighted by Gasteiger charge is 2.29. The molecule has 4 N–H and O–H groups in total. The molecular formula is C34H39ClF3N10O3P. The number of nitrogens with zero attached hydrogens (tertiary/aromatic N) is 6. The maximum Gasteiger partial charge on any atom is 0.409 e. The van der Waals surface area contributed by atoms with Crippen molar-refractivity contribution in [2.75, 3.05) is 80.6 Å². The average Bonchev–Trinajstić information content (AvgIpc) is 3.12. The maximum absolute atomic E-state index is 13.4. The summed E-state index contributed by atoms with van der Waals surface area (Å²) in [5, 5.41) is 12.9. The largest absolute Gasteiger partial charge is 0.494 e. The fourth-order valence-electron chi connectivity index (χ4n) is 6.49. The minimum atomic E-state index is -4.65. The number of nitrogens with one attached hydrogen (secondary N) is 4. The number of carbonyl (C=O) groups is 1. The van der Waals surface area contributed by atoms with Gasteiger partial charge in [0.15, 0.2) is 5.82 Å². The summed E-state index contributed by atoms with van der Waals surface area (Å²) in [6.45, 7) is 8.46. The van der Waals surface area contributed by atoms with Crippen molar-refractivity contribution in [2.24, 2.45) is 0 Å². The van der Waals surface area contributed by atoms with Gasteiger partial charge in [-0.05, 0) is 44.4 Å². The van der Waals surface area contributed by atoms with Gasteiger partial charge in [-0.3, -0.25) is 19.7 Å². The minimum absolute atomic E-state index is 0.0855. The van der Waals surface area contributed by atoms with E-state index < -0.39 is 19.2 Å². The molecule has 2 aromatic carbocycles. The zero-order valence-corrected chi connectivity index (χ0v) is 30.4. The Hall–Kier alpha value is -4.50. The molecule has 4 aromatic rings. The molecule has 6 rings (SSSR count). The lowest BCUT2D eigenvalue weighted by molar-refractivity contribution is -0.112. The smallest absolute Gasteiger partial charge is 0.409 e. The van der Waals surface area contributed by atoms with E-state index in [1.165, 1.54) is 19.5 Å². The molecule has 2 aromatic heterocycles. The summed E-state index contributed by atoms with van der Waals surface area (Å²) in [7, 11) is -1.40. The molecule has 0 radical (unpaired) electrons. The Bertz CT molecular complexity index is 2020. The van der Waals surface area contributed by atoms with Crippen LogP contribution in [0.25, 0.3) is 11.0 Å². The molecule has 0 saturated carbocycles. The second-order valence-corrected chi connectivity index (χ2v) is 16.4. The SMILES string of the molecule is COc1cc(N2CCC(N3CCNCC3)CC2)c(NC(=O)/C=C/C(F)(F)F)cc1Nc1ncc(Cl)c(Nc2ccc3nccnc3c2P(C)(C)=O)n1. The van der Waals surface area contributed by atoms with E-state index in [1.54, 1.807) is 43.8 Å². The number of benzene rings is 2. The molecule has 52 heavy (non-hydrogen) atoms. The maximum atomic E-state index is 13.4. The molecule has 2 aliphatic rings. The Kier molecular flexibility index (Phi) is 11.2. The number of alkyl halides is 3. The zero-order valence-electron chi connectivity index (χ0n) is 28.8. The van der Waals surface area contributed by atoms with Crippen LogP contribution in [0.2, 0.25) is 5.02 Å². The Balaban J connectivity index is 1.30. The van der Waals surface area contributed by atoms with E-state index in [-0.39, 0.29) is 28.6 Å². The molecule has 2 aliphatic heterocycles. The number of piperazine rings is 1. The van der Waals surface area contributed by atoms with Crippen LogP contribution in [-0.2, 0) is 9.36 Å². The monoisotopic (exact) mass is 758 g/mol. The first kappa shape index (κ1) is 37.3. The number of ether oxygens (including phenoxy) is 1. The lowest BCUT2D eigenvalue weighted by Gasteiger charge is -2.41. The first-order valence-electron chi connectivity index (χ1n) is 16.6. The van der Waals surface area contributed by atoms with Crippen LogP contribution in [-0.4, -0.2) is 103 Å². The predicted molar refractivity (Wildman–Crippen MR) is 199 cm³/mol. The molecule has 2 saturated heterocycles. The van der Waals surface area contributed by atoms with Crippen molar-refractivity contribution in [1.29, 1.82) is 0 Å². The first-order valence-corrected chi connectivity index (χ1v) is 19.6. The number of halogens is 4. The van der Waals surface area contributed by atoms with Crippen LogP contribution in [0.1, 0.15) is 12.8 Å². The Labute approximate surface area is 303 Å². The van der Waals surface area contributed by atoms with Gasteiger partial charge in [-0.15, -0.1) is 0 Å². The fourth-order valence-corrected chi connectivity index (χ4v) is 8.02. The highest BCUT2D eigenvalue weighted by atomic mass is 35.5. The Morgan fingerprint density at radius 3 is 2.44 bits per heavy atom. The van der Waals surface area contributed by atoms with Crippen LogP contribution in [0.5, 0.6) is 5.75 Å². The lowest BCUT2D eigenvalue weighted by Crippen LogP contribution is -2.52. The molecule has 276 valence electrons. The van der Waals surface area contributed by atoms with Gasteiger partial charge in [-0.25, -0.2) is 4.98 Å². The number of rotatable bonds is 10. The quantitative estimate of drug-likeness (QED) is 0.115. The van der Waals surface area contributed by atoms with E-state index in [4.69, 9.17) is 16.3 Å². The highest BCUT2D eigenvalue weighted by molar-refractivity contribution is 7.71. The number of amides is 1. The van der Waals surface area contributed by atoms with E-state index >= 15 is 0 Å². The topological polar surface area (TPSA) is 150 Å². The number of hydrogen-bond donors (Lipinski definition) is 4. The predicted octanol–water partition coefficient (Wildman–Crippen LogP) is 5.75. The van der Waals surface area contributed by atoms with Gasteiger partial charge in [0.2, 0.25) is 11.9 Å². The zero-order chi connectivity index (χ0) is 37.0. The normalized spacial score (nSPS) is 16.3. The van der Waals surface area contributed by atoms with E-state index in [0.29, 0.717) is 64.4 Å². The van der Waals surface area contributed by atoms with Gasteiger partial charge in [-0.2, -0.15) is 18.2 Å². The third-order valence-electron chi connectivity index (χ3n) is 8.87. The number of piperidine rings is 1. The minimum Gasteiger partial charge on any atom is -0.494 e. The van der Waals surface area contributed by atoms with E-state index in [2.05, 4.69) is 51.0 Å². The van der Waals surface area contributed by atoms with Crippen molar-refractivity contribution >= 4 is 75.5 Å². The molecular weight excluding hydrogens is 720 g/mol. The first-order chi connectivity index (χ1) is 24.8. The highest BCUT2D eigenvalue weighted by Crippen LogP contribution is 2.42. The number of anilines is 6. The van der Waals surface area contributed by atoms with Gasteiger partial charge >= 0.3 is 6.18 Å². The summed E-state index contributed by atoms with van der Waals surface area (Å²) in [5.41, 5.74) is 2.76. The number of carbonyl (C=O) groups excluding carboxylic acids is 1. The number of aromatic nitrogens is 4. The van der Waals surface area contributed by atoms with Crippen molar-refractivity contribution in [1.82, 2.24) is 30.2 Å². The van der Waals surface area contributed by atoms with Crippen LogP contribution in [0.15, 0.2) is 55.0 Å². The molecule has 2 fully saturated rings. The number of methoxy groups -OCH3 is 1. The summed E-state index contributed by atoms with van der Waals surface area (Å²) < 4.78 is 57.9. The van der Waals surface area contributed by atoms with Crippen molar-refractivity contribution < 1.29 is 27.3 Å². The second-order valence-electron chi connectivity index (χ2n) is 12.8. The van der Waals surface area contributed by atoms with Crippen molar-refractivity contribution in [3.8, 4) is 5.75 Å². The van der Waals surface area contributed by atoms with Gasteiger partial charge in [0.1, 0.15) is 23.4 Å². The molecule has 0 bridgehead atoms. The summed E-state index contributed by atoms with van der Waals surface area (Å²) in [6.07, 6.45) is 1.93. The van der Waals surface area contributed by atoms with E-state index in [1.807, 2.05) is 0 Å². The van der Waals surface area contributed by atoms with Gasteiger partial charge in [0.25, 0.3) is 0 Å². The van der Waals surface area contributed by atoms with Crippen molar-refractivity contribution in [3.05, 3.63) is 60.0 Å². The third-order valence-corrected chi connectivity index (χ3v) is 10.7. The number of hydrogen-bond acceptors (Lipinski definition) is 12. The number of fused-ring (bicyclic) bond motifs is 1. The van der Waals surface area contributed by atoms with E-state index in [0.717, 1.165) is 39.0 Å². The molecule has 4 heterocycles. The van der Waals surface area contributed by atoms with Crippen LogP contribution < -0.4 is 36.2 Å². The second kappa shape index (κ2) is 15.6. The van der Waals surface area contributed by atoms with Crippen LogP contribution in [0.3, 0.4) is 0 Å². The molecule has 18 heteroatoms. The van der Waals surface area contributed by atoms with Gasteiger partial charge in [0.05, 0.1) is 46.9 Å². The van der Waals surface area contributed by atoms with Crippen LogP contribution >= 0.6 is 18.7 Å². The van der Waals surface area contributed by atoms with Crippen molar-refractivity contribution in [2.45, 2.75) is 25.1 Å². The van der Waals surface area contributed by atoms with E-state index in [9.17, 15) is 22.5 Å². The average molecular weight is 759 g/mol. The van der Waals surface area contributed by atoms with Gasteiger partial charge in [-0.1, -0.05) is 11.6 Å². The third kappa shape index (κ3) is 8.92.